The number of halogens is 1. The van der Waals surface area contributed by atoms with Crippen molar-refractivity contribution >= 4 is 39.5 Å². The van der Waals surface area contributed by atoms with Gasteiger partial charge in [0.05, 0.1) is 23.3 Å². The molecule has 3 nitrogen and oxygen atoms in total. The number of benzene rings is 1. The van der Waals surface area contributed by atoms with Gasteiger partial charge in [0, 0.05) is 27.7 Å². The molecule has 5 heteroatoms. The molecule has 1 N–H and O–H groups in total. The van der Waals surface area contributed by atoms with E-state index < -0.39 is 0 Å². The van der Waals surface area contributed by atoms with E-state index in [2.05, 4.69) is 15.3 Å². The fourth-order valence-electron chi connectivity index (χ4n) is 1.79. The molecule has 0 bridgehead atoms. The van der Waals surface area contributed by atoms with E-state index in [-0.39, 0.29) is 0 Å². The molecule has 0 saturated heterocycles. The molecule has 0 spiro atoms. The third-order valence-corrected chi connectivity index (χ3v) is 3.52. The molecule has 0 aliphatic heterocycles. The molecule has 0 radical (unpaired) electrons. The zero-order chi connectivity index (χ0) is 12.4. The largest absolute Gasteiger partial charge is 0.379 e. The molecule has 2 heterocycles. The average molecular weight is 276 g/mol. The van der Waals surface area contributed by atoms with Gasteiger partial charge in [0.15, 0.2) is 0 Å². The van der Waals surface area contributed by atoms with Gasteiger partial charge in [-0.2, -0.15) is 0 Å². The summed E-state index contributed by atoms with van der Waals surface area (Å²) in [6.45, 7) is 0.714. The summed E-state index contributed by atoms with van der Waals surface area (Å²) in [6, 6.07) is 7.68. The van der Waals surface area contributed by atoms with Crippen LogP contribution in [0.25, 0.3) is 10.9 Å². The number of nitrogens with one attached hydrogen (secondary N) is 1. The van der Waals surface area contributed by atoms with Crippen molar-refractivity contribution in [3.8, 4) is 0 Å². The van der Waals surface area contributed by atoms with Crippen molar-refractivity contribution in [2.45, 2.75) is 6.54 Å². The van der Waals surface area contributed by atoms with E-state index >= 15 is 0 Å². The second-order valence-corrected chi connectivity index (χ2v) is 5.01. The highest BCUT2D eigenvalue weighted by molar-refractivity contribution is 7.07. The number of thiazole rings is 1. The van der Waals surface area contributed by atoms with E-state index in [0.717, 1.165) is 22.3 Å². The molecule has 90 valence electrons. The monoisotopic (exact) mass is 275 g/mol. The van der Waals surface area contributed by atoms with Gasteiger partial charge < -0.3 is 5.32 Å². The highest BCUT2D eigenvalue weighted by Crippen LogP contribution is 2.24. The lowest BCUT2D eigenvalue weighted by atomic mass is 10.2. The Labute approximate surface area is 113 Å². The Bertz CT molecular complexity index is 667. The van der Waals surface area contributed by atoms with Crippen LogP contribution in [0.4, 0.5) is 5.69 Å². The molecule has 0 amide bonds. The topological polar surface area (TPSA) is 37.8 Å². The molecular formula is C13H10ClN3S. The van der Waals surface area contributed by atoms with Crippen LogP contribution in [0.3, 0.4) is 0 Å². The van der Waals surface area contributed by atoms with E-state index in [4.69, 9.17) is 11.6 Å². The Kier molecular flexibility index (Phi) is 3.13. The lowest BCUT2D eigenvalue weighted by Crippen LogP contribution is -2.00. The molecule has 18 heavy (non-hydrogen) atoms. The van der Waals surface area contributed by atoms with Gasteiger partial charge in [-0.1, -0.05) is 11.6 Å². The van der Waals surface area contributed by atoms with Crippen molar-refractivity contribution in [3.63, 3.8) is 0 Å². The average Bonchev–Trinajstić information content (AvgIpc) is 2.89. The Morgan fingerprint density at radius 1 is 1.22 bits per heavy atom. The summed E-state index contributed by atoms with van der Waals surface area (Å²) < 4.78 is 0. The number of anilines is 1. The summed E-state index contributed by atoms with van der Waals surface area (Å²) >= 11 is 7.56. The minimum Gasteiger partial charge on any atom is -0.379 e. The van der Waals surface area contributed by atoms with Crippen molar-refractivity contribution in [1.82, 2.24) is 9.97 Å². The van der Waals surface area contributed by atoms with Gasteiger partial charge >= 0.3 is 0 Å². The van der Waals surface area contributed by atoms with E-state index in [1.807, 2.05) is 35.2 Å². The summed E-state index contributed by atoms with van der Waals surface area (Å²) in [5, 5.41) is 7.17. The van der Waals surface area contributed by atoms with E-state index in [9.17, 15) is 0 Å². The standard InChI is InChI=1S/C13H10ClN3S/c14-9-1-2-11-12(3-4-15-13(11)5-9)16-6-10-7-18-8-17-10/h1-5,7-8H,6H2,(H,15,16). The smallest absolute Gasteiger partial charge is 0.0795 e. The first kappa shape index (κ1) is 11.4. The van der Waals surface area contributed by atoms with Crippen LogP contribution in [0.2, 0.25) is 5.02 Å². The molecule has 0 aliphatic carbocycles. The SMILES string of the molecule is Clc1ccc2c(NCc3cscn3)ccnc2c1. The lowest BCUT2D eigenvalue weighted by molar-refractivity contribution is 1.08. The zero-order valence-corrected chi connectivity index (χ0v) is 11.0. The van der Waals surface area contributed by atoms with Crippen LogP contribution in [0.15, 0.2) is 41.4 Å². The van der Waals surface area contributed by atoms with Crippen LogP contribution < -0.4 is 5.32 Å². The zero-order valence-electron chi connectivity index (χ0n) is 9.43. The molecule has 0 unspecified atom stereocenters. The maximum atomic E-state index is 5.96. The van der Waals surface area contributed by atoms with Gasteiger partial charge in [0.1, 0.15) is 0 Å². The summed E-state index contributed by atoms with van der Waals surface area (Å²) in [6.07, 6.45) is 1.78. The van der Waals surface area contributed by atoms with E-state index in [1.54, 1.807) is 17.5 Å². The molecular weight excluding hydrogens is 266 g/mol. The van der Waals surface area contributed by atoms with Gasteiger partial charge in [0.2, 0.25) is 0 Å². The Hall–Kier alpha value is -1.65. The van der Waals surface area contributed by atoms with Gasteiger partial charge in [-0.15, -0.1) is 11.3 Å². The first-order chi connectivity index (χ1) is 8.83. The highest BCUT2D eigenvalue weighted by Gasteiger charge is 2.03. The lowest BCUT2D eigenvalue weighted by Gasteiger charge is -2.08. The number of nitrogens with zero attached hydrogens (tertiary/aromatic N) is 2. The molecule has 0 fully saturated rings. The second kappa shape index (κ2) is 4.92. The Morgan fingerprint density at radius 2 is 2.17 bits per heavy atom. The number of aromatic nitrogens is 2. The van der Waals surface area contributed by atoms with Crippen molar-refractivity contribution in [2.24, 2.45) is 0 Å². The molecule has 3 aromatic rings. The third-order valence-electron chi connectivity index (χ3n) is 2.65. The number of pyridine rings is 1. The van der Waals surface area contributed by atoms with Gasteiger partial charge in [0.25, 0.3) is 0 Å². The van der Waals surface area contributed by atoms with Crippen molar-refractivity contribution in [3.05, 3.63) is 52.1 Å². The maximum absolute atomic E-state index is 5.96. The maximum Gasteiger partial charge on any atom is 0.0795 e. The van der Waals surface area contributed by atoms with Crippen molar-refractivity contribution < 1.29 is 0 Å². The quantitative estimate of drug-likeness (QED) is 0.786. The molecule has 0 aliphatic rings. The van der Waals surface area contributed by atoms with Crippen LogP contribution >= 0.6 is 22.9 Å². The highest BCUT2D eigenvalue weighted by atomic mass is 35.5. The first-order valence-electron chi connectivity index (χ1n) is 5.48. The van der Waals surface area contributed by atoms with Crippen LogP contribution in [0.5, 0.6) is 0 Å². The predicted octanol–water partition coefficient (Wildman–Crippen LogP) is 3.96. The van der Waals surface area contributed by atoms with Gasteiger partial charge in [-0.25, -0.2) is 4.98 Å². The molecule has 0 atom stereocenters. The van der Waals surface area contributed by atoms with Crippen molar-refractivity contribution in [2.75, 3.05) is 5.32 Å². The molecule has 2 aromatic heterocycles. The van der Waals surface area contributed by atoms with Crippen LogP contribution in [-0.4, -0.2) is 9.97 Å². The summed E-state index contributed by atoms with van der Waals surface area (Å²) in [7, 11) is 0. The molecule has 0 saturated carbocycles. The van der Waals surface area contributed by atoms with Crippen molar-refractivity contribution in [1.29, 1.82) is 0 Å². The number of hydrogen-bond donors (Lipinski definition) is 1. The predicted molar refractivity (Wildman–Crippen MR) is 76.2 cm³/mol. The van der Waals surface area contributed by atoms with E-state index in [1.165, 1.54) is 0 Å². The normalized spacial score (nSPS) is 10.7. The van der Waals surface area contributed by atoms with Gasteiger partial charge in [-0.3, -0.25) is 4.98 Å². The fraction of sp³-hybridized carbons (Fsp3) is 0.0769. The number of hydrogen-bond acceptors (Lipinski definition) is 4. The minimum atomic E-state index is 0.701. The van der Waals surface area contributed by atoms with Crippen LogP contribution in [0.1, 0.15) is 5.69 Å². The summed E-state index contributed by atoms with van der Waals surface area (Å²) in [5.41, 5.74) is 4.82. The molecule has 3 rings (SSSR count). The number of rotatable bonds is 3. The molecule has 1 aromatic carbocycles. The Morgan fingerprint density at radius 3 is 3.00 bits per heavy atom. The minimum absolute atomic E-state index is 0.701. The van der Waals surface area contributed by atoms with E-state index in [0.29, 0.717) is 11.6 Å². The summed E-state index contributed by atoms with van der Waals surface area (Å²) in [4.78, 5) is 8.55. The Balaban J connectivity index is 1.92. The van der Waals surface area contributed by atoms with Crippen LogP contribution in [0, 0.1) is 0 Å². The second-order valence-electron chi connectivity index (χ2n) is 3.85. The third kappa shape index (κ3) is 2.30. The first-order valence-corrected chi connectivity index (χ1v) is 6.80. The van der Waals surface area contributed by atoms with Crippen LogP contribution in [-0.2, 0) is 6.54 Å². The number of fused-ring (bicyclic) bond motifs is 1. The summed E-state index contributed by atoms with van der Waals surface area (Å²) in [5.74, 6) is 0. The van der Waals surface area contributed by atoms with Gasteiger partial charge in [-0.05, 0) is 24.3 Å². The fourth-order valence-corrected chi connectivity index (χ4v) is 2.51.